The standard InChI is InChI=1S/C19H23ClN4O/c20-17-7-5-15(6-8-17)9-10-21-19-22-13-16(14-23-19)18(25)24-11-3-1-2-4-12-24/h5-8,13-14H,1-4,9-12H2,(H,21,22,23). The second-order valence-electron chi connectivity index (χ2n) is 6.31. The molecule has 0 aliphatic carbocycles. The molecular formula is C19H23ClN4O. The van der Waals surface area contributed by atoms with E-state index in [-0.39, 0.29) is 5.91 Å². The fraction of sp³-hybridized carbons (Fsp3) is 0.421. The van der Waals surface area contributed by atoms with E-state index in [1.54, 1.807) is 12.4 Å². The molecule has 0 spiro atoms. The summed E-state index contributed by atoms with van der Waals surface area (Å²) in [5.74, 6) is 0.580. The van der Waals surface area contributed by atoms with Crippen LogP contribution >= 0.6 is 11.6 Å². The van der Waals surface area contributed by atoms with Crippen molar-refractivity contribution in [2.45, 2.75) is 32.1 Å². The molecule has 5 nitrogen and oxygen atoms in total. The summed E-state index contributed by atoms with van der Waals surface area (Å²) in [7, 11) is 0. The van der Waals surface area contributed by atoms with Crippen LogP contribution < -0.4 is 5.32 Å². The molecule has 1 aliphatic heterocycles. The molecule has 3 rings (SSSR count). The maximum atomic E-state index is 12.5. The maximum absolute atomic E-state index is 12.5. The van der Waals surface area contributed by atoms with Gasteiger partial charge in [-0.2, -0.15) is 0 Å². The molecule has 0 unspecified atom stereocenters. The van der Waals surface area contributed by atoms with Crippen molar-refractivity contribution in [1.82, 2.24) is 14.9 Å². The number of halogens is 1. The Balaban J connectivity index is 1.51. The number of benzene rings is 1. The molecular weight excluding hydrogens is 336 g/mol. The van der Waals surface area contributed by atoms with Gasteiger partial charge in [0.25, 0.3) is 5.91 Å². The fourth-order valence-electron chi connectivity index (χ4n) is 2.96. The fourth-order valence-corrected chi connectivity index (χ4v) is 3.08. The Kier molecular flexibility index (Phi) is 6.23. The highest BCUT2D eigenvalue weighted by Gasteiger charge is 2.17. The van der Waals surface area contributed by atoms with Crippen LogP contribution in [-0.2, 0) is 6.42 Å². The number of carbonyl (C=O) groups excluding carboxylic acids is 1. The van der Waals surface area contributed by atoms with E-state index in [0.29, 0.717) is 11.5 Å². The van der Waals surface area contributed by atoms with Gasteiger partial charge in [0.05, 0.1) is 5.56 Å². The van der Waals surface area contributed by atoms with E-state index in [2.05, 4.69) is 15.3 Å². The summed E-state index contributed by atoms with van der Waals surface area (Å²) in [5, 5.41) is 3.92. The lowest BCUT2D eigenvalue weighted by Gasteiger charge is -2.19. The Hall–Kier alpha value is -2.14. The van der Waals surface area contributed by atoms with Crippen molar-refractivity contribution in [3.05, 3.63) is 52.8 Å². The van der Waals surface area contributed by atoms with Gasteiger partial charge in [-0.1, -0.05) is 36.6 Å². The Morgan fingerprint density at radius 2 is 1.68 bits per heavy atom. The maximum Gasteiger partial charge on any atom is 0.256 e. The van der Waals surface area contributed by atoms with Crippen LogP contribution in [0.4, 0.5) is 5.95 Å². The first-order valence-electron chi connectivity index (χ1n) is 8.82. The van der Waals surface area contributed by atoms with Crippen molar-refractivity contribution < 1.29 is 4.79 Å². The lowest BCUT2D eigenvalue weighted by molar-refractivity contribution is 0.0761. The minimum Gasteiger partial charge on any atom is -0.354 e. The number of anilines is 1. The molecule has 1 aromatic heterocycles. The molecule has 1 aliphatic rings. The molecule has 1 saturated heterocycles. The van der Waals surface area contributed by atoms with Crippen molar-refractivity contribution in [2.75, 3.05) is 25.0 Å². The number of nitrogens with zero attached hydrogens (tertiary/aromatic N) is 3. The lowest BCUT2D eigenvalue weighted by atomic mass is 10.1. The van der Waals surface area contributed by atoms with Crippen LogP contribution in [0.25, 0.3) is 0 Å². The number of nitrogens with one attached hydrogen (secondary N) is 1. The first-order valence-corrected chi connectivity index (χ1v) is 9.20. The predicted octanol–water partition coefficient (Wildman–Crippen LogP) is 3.80. The SMILES string of the molecule is O=C(c1cnc(NCCc2ccc(Cl)cc2)nc1)N1CCCCCC1. The van der Waals surface area contributed by atoms with Crippen molar-refractivity contribution in [1.29, 1.82) is 0 Å². The average Bonchev–Trinajstić information content (AvgIpc) is 2.93. The van der Waals surface area contributed by atoms with Crippen LogP contribution in [0, 0.1) is 0 Å². The molecule has 25 heavy (non-hydrogen) atoms. The second-order valence-corrected chi connectivity index (χ2v) is 6.74. The Labute approximate surface area is 153 Å². The van der Waals surface area contributed by atoms with Crippen LogP contribution in [0.15, 0.2) is 36.7 Å². The normalized spacial score (nSPS) is 14.8. The van der Waals surface area contributed by atoms with Crippen LogP contribution in [0.5, 0.6) is 0 Å². The largest absolute Gasteiger partial charge is 0.354 e. The topological polar surface area (TPSA) is 58.1 Å². The van der Waals surface area contributed by atoms with Crippen molar-refractivity contribution in [3.8, 4) is 0 Å². The van der Waals surface area contributed by atoms with Crippen molar-refractivity contribution in [2.24, 2.45) is 0 Å². The van der Waals surface area contributed by atoms with E-state index < -0.39 is 0 Å². The average molecular weight is 359 g/mol. The summed E-state index contributed by atoms with van der Waals surface area (Å²) in [5.41, 5.74) is 1.76. The molecule has 0 bridgehead atoms. The molecule has 2 aromatic rings. The number of aromatic nitrogens is 2. The molecule has 132 valence electrons. The van der Waals surface area contributed by atoms with Crippen molar-refractivity contribution >= 4 is 23.5 Å². The summed E-state index contributed by atoms with van der Waals surface area (Å²) >= 11 is 5.88. The summed E-state index contributed by atoms with van der Waals surface area (Å²) in [6.07, 6.45) is 8.66. The minimum absolute atomic E-state index is 0.0367. The van der Waals surface area contributed by atoms with Crippen molar-refractivity contribution in [3.63, 3.8) is 0 Å². The summed E-state index contributed by atoms with van der Waals surface area (Å²) in [6, 6.07) is 7.79. The molecule has 6 heteroatoms. The van der Waals surface area contributed by atoms with Gasteiger partial charge in [0.15, 0.2) is 0 Å². The molecule has 1 fully saturated rings. The van der Waals surface area contributed by atoms with Crippen LogP contribution in [0.3, 0.4) is 0 Å². The molecule has 0 atom stereocenters. The van der Waals surface area contributed by atoms with Gasteiger partial charge < -0.3 is 10.2 Å². The van der Waals surface area contributed by atoms with Crippen LogP contribution in [-0.4, -0.2) is 40.4 Å². The molecule has 1 aromatic carbocycles. The molecule has 2 heterocycles. The molecule has 1 amide bonds. The van der Waals surface area contributed by atoms with E-state index in [1.807, 2.05) is 29.2 Å². The Morgan fingerprint density at radius 1 is 1.04 bits per heavy atom. The zero-order valence-corrected chi connectivity index (χ0v) is 15.0. The van der Waals surface area contributed by atoms with Gasteiger partial charge in [-0.15, -0.1) is 0 Å². The molecule has 0 saturated carbocycles. The third-order valence-corrected chi connectivity index (χ3v) is 4.65. The van der Waals surface area contributed by atoms with Gasteiger partial charge in [-0.05, 0) is 37.0 Å². The highest BCUT2D eigenvalue weighted by atomic mass is 35.5. The van der Waals surface area contributed by atoms with E-state index in [1.165, 1.54) is 18.4 Å². The van der Waals surface area contributed by atoms with Crippen LogP contribution in [0.2, 0.25) is 5.02 Å². The second kappa shape index (κ2) is 8.81. The molecule has 0 radical (unpaired) electrons. The number of hydrogen-bond acceptors (Lipinski definition) is 4. The summed E-state index contributed by atoms with van der Waals surface area (Å²) in [6.45, 7) is 2.39. The first kappa shape index (κ1) is 17.7. The number of likely N-dealkylation sites (tertiary alicyclic amines) is 1. The third-order valence-electron chi connectivity index (χ3n) is 4.40. The Bertz CT molecular complexity index is 680. The van der Waals surface area contributed by atoms with Gasteiger partial charge in [0, 0.05) is 37.1 Å². The predicted molar refractivity (Wildman–Crippen MR) is 100 cm³/mol. The zero-order chi connectivity index (χ0) is 17.5. The van der Waals surface area contributed by atoms with Gasteiger partial charge in [-0.25, -0.2) is 9.97 Å². The minimum atomic E-state index is 0.0367. The van der Waals surface area contributed by atoms with Gasteiger partial charge in [-0.3, -0.25) is 4.79 Å². The van der Waals surface area contributed by atoms with Crippen LogP contribution in [0.1, 0.15) is 41.6 Å². The smallest absolute Gasteiger partial charge is 0.256 e. The van der Waals surface area contributed by atoms with E-state index in [0.717, 1.165) is 43.9 Å². The van der Waals surface area contributed by atoms with E-state index in [4.69, 9.17) is 11.6 Å². The highest BCUT2D eigenvalue weighted by molar-refractivity contribution is 6.30. The zero-order valence-electron chi connectivity index (χ0n) is 14.2. The number of rotatable bonds is 5. The van der Waals surface area contributed by atoms with E-state index >= 15 is 0 Å². The number of hydrogen-bond donors (Lipinski definition) is 1. The number of amides is 1. The van der Waals surface area contributed by atoms with Gasteiger partial charge in [0.2, 0.25) is 5.95 Å². The molecule has 1 N–H and O–H groups in total. The van der Waals surface area contributed by atoms with E-state index in [9.17, 15) is 4.79 Å². The summed E-state index contributed by atoms with van der Waals surface area (Å²) < 4.78 is 0. The monoisotopic (exact) mass is 358 g/mol. The van der Waals surface area contributed by atoms with Gasteiger partial charge in [0.1, 0.15) is 0 Å². The van der Waals surface area contributed by atoms with Gasteiger partial charge >= 0.3 is 0 Å². The Morgan fingerprint density at radius 3 is 2.32 bits per heavy atom. The third kappa shape index (κ3) is 5.16. The highest BCUT2D eigenvalue weighted by Crippen LogP contribution is 2.13. The lowest BCUT2D eigenvalue weighted by Crippen LogP contribution is -2.32. The number of carbonyl (C=O) groups is 1. The summed E-state index contributed by atoms with van der Waals surface area (Å²) in [4.78, 5) is 23.0. The quantitative estimate of drug-likeness (QED) is 0.883. The first-order chi connectivity index (χ1) is 12.2.